The van der Waals surface area contributed by atoms with Crippen LogP contribution >= 0.6 is 0 Å². The van der Waals surface area contributed by atoms with Crippen LogP contribution in [-0.2, 0) is 17.8 Å². The first-order valence-corrected chi connectivity index (χ1v) is 10.4. The standard InChI is InChI=1S/C24H30N4O2/c1-17(2)24(3)15-21(29)28(23(25)27-24)16-19-10-7-11-20(14-19)22(30)26-13-12-18-8-5-4-6-9-18/h4-11,14,17H,12-13,15-16H2,1-3H3,(H2,25,27)(H,26,30)/t24-/m0/s1. The lowest BCUT2D eigenvalue weighted by Gasteiger charge is -2.37. The predicted octanol–water partition coefficient (Wildman–Crippen LogP) is 3.12. The molecule has 0 spiro atoms. The second-order valence-electron chi connectivity index (χ2n) is 8.33. The number of hydrogen-bond donors (Lipinski definition) is 2. The summed E-state index contributed by atoms with van der Waals surface area (Å²) < 4.78 is 0. The SMILES string of the molecule is CC(C)[C@]1(C)CC(=O)N(Cc2cccc(C(=O)NCCc3ccccc3)c2)C(N)=N1. The summed E-state index contributed by atoms with van der Waals surface area (Å²) in [6.45, 7) is 6.90. The molecule has 158 valence electrons. The molecule has 3 N–H and O–H groups in total. The second-order valence-corrected chi connectivity index (χ2v) is 8.33. The minimum atomic E-state index is -0.474. The highest BCUT2D eigenvalue weighted by Gasteiger charge is 2.38. The van der Waals surface area contributed by atoms with Crippen LogP contribution in [0, 0.1) is 5.92 Å². The van der Waals surface area contributed by atoms with Crippen molar-refractivity contribution in [2.45, 2.75) is 45.7 Å². The molecule has 0 radical (unpaired) electrons. The van der Waals surface area contributed by atoms with Gasteiger partial charge in [0, 0.05) is 12.1 Å². The highest BCUT2D eigenvalue weighted by Crippen LogP contribution is 2.30. The summed E-state index contributed by atoms with van der Waals surface area (Å²) in [5.74, 6) is 0.272. The first-order valence-electron chi connectivity index (χ1n) is 10.4. The van der Waals surface area contributed by atoms with Gasteiger partial charge in [0.1, 0.15) is 0 Å². The van der Waals surface area contributed by atoms with E-state index in [0.29, 0.717) is 25.1 Å². The largest absolute Gasteiger partial charge is 0.369 e. The molecule has 1 heterocycles. The summed E-state index contributed by atoms with van der Waals surface area (Å²) in [6.07, 6.45) is 1.10. The van der Waals surface area contributed by atoms with E-state index < -0.39 is 5.54 Å². The zero-order valence-corrected chi connectivity index (χ0v) is 17.9. The third kappa shape index (κ3) is 5.06. The molecule has 1 atom stereocenters. The van der Waals surface area contributed by atoms with Crippen molar-refractivity contribution in [3.05, 3.63) is 71.3 Å². The Kier molecular flexibility index (Phi) is 6.55. The lowest BCUT2D eigenvalue weighted by atomic mass is 9.84. The topological polar surface area (TPSA) is 87.8 Å². The van der Waals surface area contributed by atoms with Crippen LogP contribution in [0.4, 0.5) is 0 Å². The predicted molar refractivity (Wildman–Crippen MR) is 119 cm³/mol. The van der Waals surface area contributed by atoms with Gasteiger partial charge in [-0.1, -0.05) is 56.3 Å². The first kappa shape index (κ1) is 21.6. The summed E-state index contributed by atoms with van der Waals surface area (Å²) in [5, 5.41) is 2.95. The van der Waals surface area contributed by atoms with E-state index in [-0.39, 0.29) is 23.7 Å². The smallest absolute Gasteiger partial charge is 0.251 e. The van der Waals surface area contributed by atoms with Gasteiger partial charge in [0.15, 0.2) is 5.96 Å². The Morgan fingerprint density at radius 2 is 1.87 bits per heavy atom. The van der Waals surface area contributed by atoms with E-state index in [9.17, 15) is 9.59 Å². The lowest BCUT2D eigenvalue weighted by Crippen LogP contribution is -2.51. The van der Waals surface area contributed by atoms with Crippen molar-refractivity contribution in [2.75, 3.05) is 6.54 Å². The van der Waals surface area contributed by atoms with Gasteiger partial charge in [-0.05, 0) is 42.5 Å². The Balaban J connectivity index is 1.64. The van der Waals surface area contributed by atoms with Crippen molar-refractivity contribution < 1.29 is 9.59 Å². The van der Waals surface area contributed by atoms with Crippen molar-refractivity contribution in [3.63, 3.8) is 0 Å². The van der Waals surface area contributed by atoms with Crippen molar-refractivity contribution in [2.24, 2.45) is 16.6 Å². The van der Waals surface area contributed by atoms with Crippen LogP contribution in [0.25, 0.3) is 0 Å². The number of guanidine groups is 1. The molecule has 2 amide bonds. The van der Waals surface area contributed by atoms with E-state index in [1.807, 2.05) is 63.2 Å². The molecule has 3 rings (SSSR count). The van der Waals surface area contributed by atoms with Gasteiger partial charge in [0.05, 0.1) is 18.5 Å². The van der Waals surface area contributed by atoms with Crippen molar-refractivity contribution in [1.82, 2.24) is 10.2 Å². The van der Waals surface area contributed by atoms with Crippen LogP contribution in [-0.4, -0.2) is 34.8 Å². The molecule has 2 aromatic rings. The number of aliphatic imine (C=N–C) groups is 1. The van der Waals surface area contributed by atoms with Crippen LogP contribution < -0.4 is 11.1 Å². The molecule has 0 saturated heterocycles. The number of nitrogens with zero attached hydrogens (tertiary/aromatic N) is 2. The van der Waals surface area contributed by atoms with Gasteiger partial charge < -0.3 is 11.1 Å². The highest BCUT2D eigenvalue weighted by atomic mass is 16.2. The minimum absolute atomic E-state index is 0.0450. The third-order valence-electron chi connectivity index (χ3n) is 5.77. The number of benzene rings is 2. The summed E-state index contributed by atoms with van der Waals surface area (Å²) >= 11 is 0. The number of hydrogen-bond acceptors (Lipinski definition) is 4. The van der Waals surface area contributed by atoms with Gasteiger partial charge in [0.2, 0.25) is 5.91 Å². The molecule has 0 bridgehead atoms. The third-order valence-corrected chi connectivity index (χ3v) is 5.77. The van der Waals surface area contributed by atoms with Gasteiger partial charge >= 0.3 is 0 Å². The summed E-state index contributed by atoms with van der Waals surface area (Å²) in [7, 11) is 0. The minimum Gasteiger partial charge on any atom is -0.369 e. The molecular weight excluding hydrogens is 376 g/mol. The van der Waals surface area contributed by atoms with Crippen LogP contribution in [0.15, 0.2) is 59.6 Å². The van der Waals surface area contributed by atoms with Crippen molar-refractivity contribution in [1.29, 1.82) is 0 Å². The molecule has 6 nitrogen and oxygen atoms in total. The first-order chi connectivity index (χ1) is 14.3. The molecule has 0 aromatic heterocycles. The van der Waals surface area contributed by atoms with E-state index in [0.717, 1.165) is 12.0 Å². The quantitative estimate of drug-likeness (QED) is 0.740. The molecule has 2 aromatic carbocycles. The van der Waals surface area contributed by atoms with E-state index in [2.05, 4.69) is 10.3 Å². The number of rotatable bonds is 7. The number of carbonyl (C=O) groups is 2. The van der Waals surface area contributed by atoms with Gasteiger partial charge in [-0.2, -0.15) is 0 Å². The number of carbonyl (C=O) groups excluding carboxylic acids is 2. The lowest BCUT2D eigenvalue weighted by molar-refractivity contribution is -0.130. The van der Waals surface area contributed by atoms with Crippen molar-refractivity contribution >= 4 is 17.8 Å². The molecular formula is C24H30N4O2. The van der Waals surface area contributed by atoms with Gasteiger partial charge in [-0.3, -0.25) is 14.5 Å². The zero-order valence-electron chi connectivity index (χ0n) is 17.9. The second kappa shape index (κ2) is 9.11. The highest BCUT2D eigenvalue weighted by molar-refractivity contribution is 5.99. The van der Waals surface area contributed by atoms with Crippen LogP contribution in [0.3, 0.4) is 0 Å². The van der Waals surface area contributed by atoms with Gasteiger partial charge in [-0.25, -0.2) is 4.99 Å². The molecule has 1 aliphatic heterocycles. The van der Waals surface area contributed by atoms with Crippen LogP contribution in [0.1, 0.15) is 48.7 Å². The Labute approximate surface area is 178 Å². The maximum atomic E-state index is 12.7. The normalized spacial score (nSPS) is 19.0. The fourth-order valence-electron chi connectivity index (χ4n) is 3.45. The van der Waals surface area contributed by atoms with E-state index in [1.54, 1.807) is 12.1 Å². The van der Waals surface area contributed by atoms with Gasteiger partial charge in [0.25, 0.3) is 5.91 Å². The molecule has 0 fully saturated rings. The van der Waals surface area contributed by atoms with Crippen molar-refractivity contribution in [3.8, 4) is 0 Å². The monoisotopic (exact) mass is 406 g/mol. The molecule has 1 aliphatic rings. The van der Waals surface area contributed by atoms with Gasteiger partial charge in [-0.15, -0.1) is 0 Å². The number of amides is 2. The average Bonchev–Trinajstić information content (AvgIpc) is 2.71. The van der Waals surface area contributed by atoms with E-state index in [4.69, 9.17) is 5.73 Å². The van der Waals surface area contributed by atoms with Crippen LogP contribution in [0.2, 0.25) is 0 Å². The molecule has 0 saturated carbocycles. The summed E-state index contributed by atoms with van der Waals surface area (Å²) in [4.78, 5) is 31.3. The molecule has 30 heavy (non-hydrogen) atoms. The van der Waals surface area contributed by atoms with Crippen LogP contribution in [0.5, 0.6) is 0 Å². The zero-order chi connectivity index (χ0) is 21.7. The maximum Gasteiger partial charge on any atom is 0.251 e. The van der Waals surface area contributed by atoms with E-state index >= 15 is 0 Å². The fraction of sp³-hybridized carbons (Fsp3) is 0.375. The Morgan fingerprint density at radius 1 is 1.17 bits per heavy atom. The molecule has 0 unspecified atom stereocenters. The Hall–Kier alpha value is -3.15. The molecule has 0 aliphatic carbocycles. The number of nitrogens with two attached hydrogens (primary N) is 1. The number of nitrogens with one attached hydrogen (secondary N) is 1. The molecule has 6 heteroatoms. The Bertz CT molecular complexity index is 939. The average molecular weight is 407 g/mol. The summed E-state index contributed by atoms with van der Waals surface area (Å²) in [6, 6.07) is 17.3. The Morgan fingerprint density at radius 3 is 2.53 bits per heavy atom. The van der Waals surface area contributed by atoms with E-state index in [1.165, 1.54) is 10.5 Å². The summed E-state index contributed by atoms with van der Waals surface area (Å²) in [5.41, 5.74) is 8.23. The maximum absolute atomic E-state index is 12.7. The fourth-order valence-corrected chi connectivity index (χ4v) is 3.45.